The third kappa shape index (κ3) is 4.90. The number of halogens is 2. The van der Waals surface area contributed by atoms with Crippen molar-refractivity contribution in [3.63, 3.8) is 0 Å². The predicted octanol–water partition coefficient (Wildman–Crippen LogP) is 4.90. The Labute approximate surface area is 212 Å². The first kappa shape index (κ1) is 25.5. The number of piperidine rings is 2. The van der Waals surface area contributed by atoms with Crippen LogP contribution in [0.5, 0.6) is 0 Å². The molecule has 2 aromatic rings. The highest BCUT2D eigenvalue weighted by atomic mass is 35.5. The van der Waals surface area contributed by atoms with Crippen LogP contribution in [-0.2, 0) is 4.74 Å². The van der Waals surface area contributed by atoms with Gasteiger partial charge >= 0.3 is 0 Å². The summed E-state index contributed by atoms with van der Waals surface area (Å²) in [6, 6.07) is 5.39. The molecule has 3 fully saturated rings. The van der Waals surface area contributed by atoms with Gasteiger partial charge in [0, 0.05) is 35.8 Å². The molecule has 0 spiro atoms. The Morgan fingerprint density at radius 1 is 1.21 bits per heavy atom. The summed E-state index contributed by atoms with van der Waals surface area (Å²) in [4.78, 5) is 22.9. The third-order valence-corrected chi connectivity index (χ3v) is 7.96. The van der Waals surface area contributed by atoms with Crippen LogP contribution in [-0.4, -0.2) is 66.8 Å². The zero-order valence-corrected chi connectivity index (χ0v) is 22.0. The van der Waals surface area contributed by atoms with Crippen molar-refractivity contribution in [2.75, 3.05) is 31.7 Å². The molecule has 0 saturated carbocycles. The lowest BCUT2D eigenvalue weighted by Gasteiger charge is -2.47. The molecule has 1 amide bonds. The van der Waals surface area contributed by atoms with Crippen LogP contribution < -0.4 is 10.2 Å². The number of hydrogen-bond acceptors (Lipinski definition) is 6. The molecule has 3 saturated heterocycles. The highest BCUT2D eigenvalue weighted by Crippen LogP contribution is 2.35. The van der Waals surface area contributed by atoms with E-state index in [2.05, 4.69) is 42.9 Å². The lowest BCUT2D eigenvalue weighted by atomic mass is 9.82. The SMILES string of the molecule is CN1C2CCCC1CC(NC(=O)c1cc(Cl)cc3oc(N4CCOC[C@@H]4C(C)(C)C)nc13)C2.Cl. The number of nitrogens with one attached hydrogen (secondary N) is 1. The van der Waals surface area contributed by atoms with Gasteiger partial charge in [0.05, 0.1) is 24.8 Å². The minimum atomic E-state index is -0.121. The molecule has 34 heavy (non-hydrogen) atoms. The fraction of sp³-hybridized carbons (Fsp3) is 0.680. The van der Waals surface area contributed by atoms with E-state index in [1.54, 1.807) is 12.1 Å². The Kier molecular flexibility index (Phi) is 7.40. The summed E-state index contributed by atoms with van der Waals surface area (Å²) < 4.78 is 11.9. The predicted molar refractivity (Wildman–Crippen MR) is 137 cm³/mol. The van der Waals surface area contributed by atoms with Crippen molar-refractivity contribution in [3.8, 4) is 0 Å². The average molecular weight is 511 g/mol. The second-order valence-corrected chi connectivity index (χ2v) is 11.4. The second kappa shape index (κ2) is 9.84. The molecule has 1 N–H and O–H groups in total. The first-order valence-corrected chi connectivity index (χ1v) is 12.6. The lowest BCUT2D eigenvalue weighted by Crippen LogP contribution is -2.55. The number of hydrogen-bond donors (Lipinski definition) is 1. The van der Waals surface area contributed by atoms with Crippen LogP contribution in [0, 0.1) is 5.41 Å². The van der Waals surface area contributed by atoms with Crippen molar-refractivity contribution >= 4 is 47.0 Å². The number of nitrogens with zero attached hydrogens (tertiary/aromatic N) is 3. The Morgan fingerprint density at radius 2 is 1.91 bits per heavy atom. The van der Waals surface area contributed by atoms with Gasteiger partial charge in [-0.1, -0.05) is 38.8 Å². The van der Waals surface area contributed by atoms with E-state index in [1.165, 1.54) is 19.3 Å². The van der Waals surface area contributed by atoms with E-state index in [1.807, 2.05) is 0 Å². The average Bonchev–Trinajstić information content (AvgIpc) is 3.17. The summed E-state index contributed by atoms with van der Waals surface area (Å²) in [6.45, 7) is 8.51. The largest absolute Gasteiger partial charge is 0.423 e. The minimum absolute atomic E-state index is 0. The first-order valence-electron chi connectivity index (χ1n) is 12.2. The van der Waals surface area contributed by atoms with Crippen LogP contribution in [0.25, 0.3) is 11.1 Å². The zero-order valence-electron chi connectivity index (χ0n) is 20.5. The van der Waals surface area contributed by atoms with Crippen molar-refractivity contribution < 1.29 is 13.9 Å². The fourth-order valence-corrected chi connectivity index (χ4v) is 6.04. The van der Waals surface area contributed by atoms with Crippen molar-refractivity contribution in [2.45, 2.75) is 77.0 Å². The Hall–Kier alpha value is -1.54. The highest BCUT2D eigenvalue weighted by molar-refractivity contribution is 6.32. The molecular weight excluding hydrogens is 475 g/mol. The maximum atomic E-state index is 13.4. The number of anilines is 1. The summed E-state index contributed by atoms with van der Waals surface area (Å²) in [5.41, 5.74) is 1.59. The van der Waals surface area contributed by atoms with E-state index in [-0.39, 0.29) is 35.8 Å². The second-order valence-electron chi connectivity index (χ2n) is 11.0. The summed E-state index contributed by atoms with van der Waals surface area (Å²) in [7, 11) is 2.22. The quantitative estimate of drug-likeness (QED) is 0.632. The van der Waals surface area contributed by atoms with Crippen LogP contribution in [0.3, 0.4) is 0 Å². The van der Waals surface area contributed by atoms with Gasteiger partial charge in [-0.25, -0.2) is 0 Å². The van der Waals surface area contributed by atoms with Gasteiger partial charge in [0.15, 0.2) is 5.58 Å². The Bertz CT molecular complexity index is 1020. The number of rotatable bonds is 3. The summed E-state index contributed by atoms with van der Waals surface area (Å²) in [5, 5.41) is 3.76. The number of carbonyl (C=O) groups excluding carboxylic acids is 1. The van der Waals surface area contributed by atoms with Crippen molar-refractivity contribution in [1.29, 1.82) is 0 Å². The van der Waals surface area contributed by atoms with E-state index < -0.39 is 0 Å². The molecule has 3 aliphatic rings. The van der Waals surface area contributed by atoms with Crippen LogP contribution >= 0.6 is 24.0 Å². The normalized spacial score (nSPS) is 28.0. The van der Waals surface area contributed by atoms with Crippen LogP contribution in [0.2, 0.25) is 5.02 Å². The van der Waals surface area contributed by atoms with Gasteiger partial charge in [0.1, 0.15) is 5.52 Å². The zero-order chi connectivity index (χ0) is 23.3. The van der Waals surface area contributed by atoms with E-state index in [4.69, 9.17) is 25.7 Å². The molecule has 4 heterocycles. The highest BCUT2D eigenvalue weighted by Gasteiger charge is 2.38. The first-order chi connectivity index (χ1) is 15.7. The number of morpholine rings is 1. The van der Waals surface area contributed by atoms with Gasteiger partial charge in [-0.15, -0.1) is 12.4 Å². The Balaban J connectivity index is 0.00000274. The number of carbonyl (C=O) groups is 1. The number of oxazole rings is 1. The van der Waals surface area contributed by atoms with E-state index in [0.717, 1.165) is 12.8 Å². The minimum Gasteiger partial charge on any atom is -0.423 e. The van der Waals surface area contributed by atoms with Gasteiger partial charge in [-0.2, -0.15) is 4.98 Å². The summed E-state index contributed by atoms with van der Waals surface area (Å²) in [5.74, 6) is -0.121. The molecule has 1 aromatic heterocycles. The number of fused-ring (bicyclic) bond motifs is 3. The maximum absolute atomic E-state index is 13.4. The van der Waals surface area contributed by atoms with Crippen molar-refractivity contribution in [2.24, 2.45) is 5.41 Å². The molecule has 0 aliphatic carbocycles. The molecule has 3 atom stereocenters. The van der Waals surface area contributed by atoms with E-state index in [9.17, 15) is 4.79 Å². The molecule has 188 valence electrons. The standard InChI is InChI=1S/C25H35ClN4O3.ClH/c1-25(2,3)21-14-32-9-8-30(21)24-28-22-19(10-15(26)11-20(22)33-24)23(31)27-16-12-17-6-5-7-18(13-16)29(17)4;/h10-11,16-18,21H,5-9,12-14H2,1-4H3,(H,27,31);1H/t16?,17?,18?,21-;/m1./s1. The fourth-order valence-electron chi connectivity index (χ4n) is 5.83. The molecule has 3 aliphatic heterocycles. The van der Waals surface area contributed by atoms with Gasteiger partial charge < -0.3 is 24.3 Å². The summed E-state index contributed by atoms with van der Waals surface area (Å²) in [6.07, 6.45) is 5.69. The van der Waals surface area contributed by atoms with Crippen LogP contribution in [0.15, 0.2) is 16.5 Å². The van der Waals surface area contributed by atoms with Gasteiger partial charge in [0.25, 0.3) is 11.9 Å². The van der Waals surface area contributed by atoms with Crippen molar-refractivity contribution in [3.05, 3.63) is 22.7 Å². The third-order valence-electron chi connectivity index (χ3n) is 7.74. The Morgan fingerprint density at radius 3 is 2.59 bits per heavy atom. The number of aromatic nitrogens is 1. The van der Waals surface area contributed by atoms with Crippen LogP contribution in [0.4, 0.5) is 6.01 Å². The van der Waals surface area contributed by atoms with E-state index >= 15 is 0 Å². The lowest BCUT2D eigenvalue weighted by molar-refractivity contribution is 0.0463. The molecular formula is C25H36Cl2N4O3. The van der Waals surface area contributed by atoms with Gasteiger partial charge in [-0.05, 0) is 44.2 Å². The molecule has 2 bridgehead atoms. The maximum Gasteiger partial charge on any atom is 0.298 e. The molecule has 9 heteroatoms. The van der Waals surface area contributed by atoms with Crippen LogP contribution in [0.1, 0.15) is 63.2 Å². The van der Waals surface area contributed by atoms with Gasteiger partial charge in [-0.3, -0.25) is 4.79 Å². The molecule has 1 aromatic carbocycles. The van der Waals surface area contributed by atoms with Crippen molar-refractivity contribution in [1.82, 2.24) is 15.2 Å². The van der Waals surface area contributed by atoms with E-state index in [0.29, 0.717) is 59.5 Å². The number of ether oxygens (including phenoxy) is 1. The monoisotopic (exact) mass is 510 g/mol. The number of amides is 1. The summed E-state index contributed by atoms with van der Waals surface area (Å²) >= 11 is 6.40. The molecule has 7 nitrogen and oxygen atoms in total. The molecule has 5 rings (SSSR count). The number of benzene rings is 1. The van der Waals surface area contributed by atoms with Gasteiger partial charge in [0.2, 0.25) is 0 Å². The molecule has 2 unspecified atom stereocenters. The smallest absolute Gasteiger partial charge is 0.298 e. The topological polar surface area (TPSA) is 70.8 Å². The molecule has 0 radical (unpaired) electrons.